The topological polar surface area (TPSA) is 90.4 Å². The van der Waals surface area contributed by atoms with Gasteiger partial charge in [0.15, 0.2) is 11.5 Å². The zero-order valence-electron chi connectivity index (χ0n) is 14.9. The lowest BCUT2D eigenvalue weighted by Crippen LogP contribution is -2.11. The number of aromatic nitrogens is 2. The molecule has 1 N–H and O–H groups in total. The minimum atomic E-state index is -0.244. The standard InChI is InChI=1S/C20H17N3O4/c1-3-18-22-16(11-26-18)19-15-9-12(7-8-17(15)27-23-19)20(24)21-13-5-4-6-14(10-13)25-2/h4-11H,3H2,1-2H3,(H,21,24). The number of nitrogens with zero attached hydrogens (tertiary/aromatic N) is 2. The molecule has 2 heterocycles. The number of rotatable bonds is 5. The van der Waals surface area contributed by atoms with E-state index in [4.69, 9.17) is 13.7 Å². The normalized spacial score (nSPS) is 10.9. The predicted molar refractivity (Wildman–Crippen MR) is 99.8 cm³/mol. The highest BCUT2D eigenvalue weighted by Crippen LogP contribution is 2.28. The van der Waals surface area contributed by atoms with Crippen LogP contribution >= 0.6 is 0 Å². The van der Waals surface area contributed by atoms with Crippen molar-refractivity contribution in [3.63, 3.8) is 0 Å². The molecule has 7 nitrogen and oxygen atoms in total. The number of ether oxygens (including phenoxy) is 1. The molecule has 0 saturated carbocycles. The van der Waals surface area contributed by atoms with Crippen molar-refractivity contribution in [2.45, 2.75) is 13.3 Å². The van der Waals surface area contributed by atoms with Gasteiger partial charge in [-0.25, -0.2) is 4.98 Å². The second-order valence-electron chi connectivity index (χ2n) is 5.91. The maximum atomic E-state index is 12.6. The molecule has 0 atom stereocenters. The number of benzene rings is 2. The molecular formula is C20H17N3O4. The van der Waals surface area contributed by atoms with Crippen LogP contribution in [0.25, 0.3) is 22.4 Å². The van der Waals surface area contributed by atoms with Crippen molar-refractivity contribution in [2.75, 3.05) is 12.4 Å². The first-order valence-corrected chi connectivity index (χ1v) is 8.47. The van der Waals surface area contributed by atoms with Gasteiger partial charge in [-0.3, -0.25) is 4.79 Å². The number of aryl methyl sites for hydroxylation is 1. The van der Waals surface area contributed by atoms with Crippen LogP contribution in [-0.2, 0) is 6.42 Å². The fourth-order valence-electron chi connectivity index (χ4n) is 2.75. The molecule has 27 heavy (non-hydrogen) atoms. The summed E-state index contributed by atoms with van der Waals surface area (Å²) in [6.07, 6.45) is 2.23. The molecule has 0 aliphatic heterocycles. The molecule has 4 aromatic rings. The molecule has 0 fully saturated rings. The lowest BCUT2D eigenvalue weighted by molar-refractivity contribution is 0.102. The van der Waals surface area contributed by atoms with E-state index in [9.17, 15) is 4.79 Å². The monoisotopic (exact) mass is 363 g/mol. The average molecular weight is 363 g/mol. The first-order chi connectivity index (χ1) is 13.2. The second-order valence-corrected chi connectivity index (χ2v) is 5.91. The van der Waals surface area contributed by atoms with Crippen LogP contribution in [0.4, 0.5) is 5.69 Å². The van der Waals surface area contributed by atoms with Gasteiger partial charge in [0.1, 0.15) is 23.4 Å². The number of hydrogen-bond acceptors (Lipinski definition) is 6. The molecule has 0 aliphatic rings. The van der Waals surface area contributed by atoms with Crippen LogP contribution in [0.15, 0.2) is 57.7 Å². The molecule has 0 spiro atoms. The summed E-state index contributed by atoms with van der Waals surface area (Å²) in [4.78, 5) is 17.0. The summed E-state index contributed by atoms with van der Waals surface area (Å²) in [7, 11) is 1.58. The van der Waals surface area contributed by atoms with E-state index in [1.165, 1.54) is 0 Å². The lowest BCUT2D eigenvalue weighted by atomic mass is 10.1. The molecule has 1 amide bonds. The summed E-state index contributed by atoms with van der Waals surface area (Å²) < 4.78 is 15.9. The molecule has 2 aromatic carbocycles. The number of carbonyl (C=O) groups is 1. The Morgan fingerprint density at radius 1 is 1.22 bits per heavy atom. The van der Waals surface area contributed by atoms with Crippen molar-refractivity contribution < 1.29 is 18.5 Å². The molecule has 4 rings (SSSR count). The Morgan fingerprint density at radius 3 is 2.89 bits per heavy atom. The average Bonchev–Trinajstić information content (AvgIpc) is 3.34. The van der Waals surface area contributed by atoms with Crippen LogP contribution < -0.4 is 10.1 Å². The van der Waals surface area contributed by atoms with Crippen LogP contribution in [0.5, 0.6) is 5.75 Å². The van der Waals surface area contributed by atoms with E-state index in [0.29, 0.717) is 51.7 Å². The zero-order chi connectivity index (χ0) is 18.8. The largest absolute Gasteiger partial charge is 0.497 e. The van der Waals surface area contributed by atoms with Gasteiger partial charge >= 0.3 is 0 Å². The Balaban J connectivity index is 1.66. The van der Waals surface area contributed by atoms with E-state index in [0.717, 1.165) is 0 Å². The van der Waals surface area contributed by atoms with Crippen molar-refractivity contribution in [1.29, 1.82) is 0 Å². The molecule has 136 valence electrons. The lowest BCUT2D eigenvalue weighted by Gasteiger charge is -2.07. The maximum absolute atomic E-state index is 12.6. The van der Waals surface area contributed by atoms with Crippen LogP contribution in [-0.4, -0.2) is 23.2 Å². The number of anilines is 1. The van der Waals surface area contributed by atoms with Gasteiger partial charge in [-0.1, -0.05) is 18.1 Å². The molecule has 2 aromatic heterocycles. The van der Waals surface area contributed by atoms with Crippen LogP contribution in [0, 0.1) is 0 Å². The maximum Gasteiger partial charge on any atom is 0.255 e. The summed E-state index contributed by atoms with van der Waals surface area (Å²) in [5, 5.41) is 7.63. The van der Waals surface area contributed by atoms with Gasteiger partial charge in [-0.2, -0.15) is 0 Å². The Kier molecular flexibility index (Phi) is 4.33. The fourth-order valence-corrected chi connectivity index (χ4v) is 2.75. The van der Waals surface area contributed by atoms with Crippen LogP contribution in [0.1, 0.15) is 23.2 Å². The summed E-state index contributed by atoms with van der Waals surface area (Å²) in [5.41, 5.74) is 2.83. The Morgan fingerprint density at radius 2 is 2.11 bits per heavy atom. The van der Waals surface area contributed by atoms with E-state index in [-0.39, 0.29) is 5.91 Å². The van der Waals surface area contributed by atoms with Crippen molar-refractivity contribution in [3.8, 4) is 17.1 Å². The number of carbonyl (C=O) groups excluding carboxylic acids is 1. The van der Waals surface area contributed by atoms with Crippen LogP contribution in [0.3, 0.4) is 0 Å². The molecule has 7 heteroatoms. The number of methoxy groups -OCH3 is 1. The van der Waals surface area contributed by atoms with E-state index >= 15 is 0 Å². The molecule has 0 bridgehead atoms. The van der Waals surface area contributed by atoms with Gasteiger partial charge in [-0.05, 0) is 30.3 Å². The minimum Gasteiger partial charge on any atom is -0.497 e. The van der Waals surface area contributed by atoms with Crippen molar-refractivity contribution in [3.05, 3.63) is 60.2 Å². The molecule has 0 radical (unpaired) electrons. The third-order valence-electron chi connectivity index (χ3n) is 4.16. The summed E-state index contributed by atoms with van der Waals surface area (Å²) in [6, 6.07) is 12.3. The highest BCUT2D eigenvalue weighted by atomic mass is 16.5. The smallest absolute Gasteiger partial charge is 0.255 e. The number of fused-ring (bicyclic) bond motifs is 1. The quantitative estimate of drug-likeness (QED) is 0.568. The fraction of sp³-hybridized carbons (Fsp3) is 0.150. The Labute approximate surface area is 154 Å². The van der Waals surface area contributed by atoms with Crippen molar-refractivity contribution in [1.82, 2.24) is 10.1 Å². The Bertz CT molecular complexity index is 1110. The van der Waals surface area contributed by atoms with Gasteiger partial charge in [0.2, 0.25) is 0 Å². The first kappa shape index (κ1) is 16.8. The zero-order valence-corrected chi connectivity index (χ0v) is 14.9. The molecular weight excluding hydrogens is 346 g/mol. The highest BCUT2D eigenvalue weighted by Gasteiger charge is 2.17. The predicted octanol–water partition coefficient (Wildman–Crippen LogP) is 4.31. The number of oxazole rings is 1. The van der Waals surface area contributed by atoms with E-state index < -0.39 is 0 Å². The Hall–Kier alpha value is -3.61. The highest BCUT2D eigenvalue weighted by molar-refractivity contribution is 6.07. The molecule has 0 unspecified atom stereocenters. The summed E-state index contributed by atoms with van der Waals surface area (Å²) >= 11 is 0. The number of nitrogens with one attached hydrogen (secondary N) is 1. The number of amides is 1. The van der Waals surface area contributed by atoms with Crippen molar-refractivity contribution >= 4 is 22.6 Å². The molecule has 0 saturated heterocycles. The minimum absolute atomic E-state index is 0.244. The van der Waals surface area contributed by atoms with E-state index in [1.807, 2.05) is 19.1 Å². The van der Waals surface area contributed by atoms with E-state index in [1.54, 1.807) is 43.7 Å². The van der Waals surface area contributed by atoms with Gasteiger partial charge in [0.05, 0.1) is 12.5 Å². The van der Waals surface area contributed by atoms with Crippen LogP contribution in [0.2, 0.25) is 0 Å². The second kappa shape index (κ2) is 6.95. The molecule has 0 aliphatic carbocycles. The third-order valence-corrected chi connectivity index (χ3v) is 4.16. The van der Waals surface area contributed by atoms with Gasteiger partial charge < -0.3 is 19.0 Å². The van der Waals surface area contributed by atoms with Crippen molar-refractivity contribution in [2.24, 2.45) is 0 Å². The summed E-state index contributed by atoms with van der Waals surface area (Å²) in [6.45, 7) is 1.96. The van der Waals surface area contributed by atoms with Gasteiger partial charge in [0, 0.05) is 23.7 Å². The third kappa shape index (κ3) is 3.27. The summed E-state index contributed by atoms with van der Waals surface area (Å²) in [5.74, 6) is 1.04. The van der Waals surface area contributed by atoms with Gasteiger partial charge in [0.25, 0.3) is 5.91 Å². The van der Waals surface area contributed by atoms with E-state index in [2.05, 4.69) is 15.5 Å². The SMILES string of the molecule is CCc1nc(-c2noc3ccc(C(=O)Nc4cccc(OC)c4)cc23)co1. The first-order valence-electron chi connectivity index (χ1n) is 8.47. The number of hydrogen-bond donors (Lipinski definition) is 1. The van der Waals surface area contributed by atoms with Gasteiger partial charge in [-0.15, -0.1) is 0 Å².